The van der Waals surface area contributed by atoms with Crippen LogP contribution in [-0.4, -0.2) is 96.7 Å². The van der Waals surface area contributed by atoms with Gasteiger partial charge in [-0.25, -0.2) is 9.13 Å². The second-order valence-corrected chi connectivity index (χ2v) is 36.0. The Balaban J connectivity index is 5.17. The molecule has 7 atom stereocenters. The van der Waals surface area contributed by atoms with E-state index in [1.54, 1.807) is 0 Å². The lowest BCUT2D eigenvalue weighted by molar-refractivity contribution is -0.161. The topological polar surface area (TPSA) is 237 Å². The zero-order valence-electron chi connectivity index (χ0n) is 70.8. The molecule has 0 heterocycles. The molecule has 0 amide bonds. The van der Waals surface area contributed by atoms with Crippen molar-refractivity contribution in [3.63, 3.8) is 0 Å². The van der Waals surface area contributed by atoms with Crippen LogP contribution in [0.4, 0.5) is 0 Å². The van der Waals surface area contributed by atoms with Gasteiger partial charge in [0.15, 0.2) is 12.2 Å². The van der Waals surface area contributed by atoms with Crippen LogP contribution in [0, 0.1) is 23.7 Å². The van der Waals surface area contributed by atoms with Gasteiger partial charge >= 0.3 is 39.5 Å². The van der Waals surface area contributed by atoms with Crippen molar-refractivity contribution in [3.05, 3.63) is 0 Å². The van der Waals surface area contributed by atoms with Crippen LogP contribution in [0.1, 0.15) is 460 Å². The first-order valence-electron chi connectivity index (χ1n) is 45.3. The summed E-state index contributed by atoms with van der Waals surface area (Å²) in [5.41, 5.74) is 0. The van der Waals surface area contributed by atoms with Crippen molar-refractivity contribution in [2.45, 2.75) is 478 Å². The number of carbonyl (C=O) groups is 4. The first kappa shape index (κ1) is 105. The normalized spacial score (nSPS) is 14.4. The van der Waals surface area contributed by atoms with Gasteiger partial charge in [-0.1, -0.05) is 409 Å². The fourth-order valence-corrected chi connectivity index (χ4v) is 15.2. The van der Waals surface area contributed by atoms with Gasteiger partial charge in [0.2, 0.25) is 0 Å². The average Bonchev–Trinajstić information content (AvgIpc) is 0.900. The van der Waals surface area contributed by atoms with Gasteiger partial charge in [-0.15, -0.1) is 0 Å². The van der Waals surface area contributed by atoms with Gasteiger partial charge in [0.25, 0.3) is 0 Å². The molecule has 19 heteroatoms. The molecule has 3 N–H and O–H groups in total. The van der Waals surface area contributed by atoms with Crippen LogP contribution in [0.2, 0.25) is 0 Å². The molecule has 0 bridgehead atoms. The molecule has 0 saturated carbocycles. The predicted octanol–water partition coefficient (Wildman–Crippen LogP) is 26.7. The molecule has 0 rings (SSSR count). The van der Waals surface area contributed by atoms with E-state index < -0.39 is 97.5 Å². The minimum Gasteiger partial charge on any atom is -0.462 e. The van der Waals surface area contributed by atoms with E-state index in [0.29, 0.717) is 25.7 Å². The molecule has 0 aliphatic carbocycles. The van der Waals surface area contributed by atoms with Gasteiger partial charge in [0.05, 0.1) is 26.4 Å². The maximum Gasteiger partial charge on any atom is 0.472 e. The maximum atomic E-state index is 13.1. The average molecular weight is 1560 g/mol. The Morgan fingerprint density at radius 3 is 0.664 bits per heavy atom. The van der Waals surface area contributed by atoms with Crippen LogP contribution in [0.5, 0.6) is 0 Å². The molecule has 107 heavy (non-hydrogen) atoms. The fourth-order valence-electron chi connectivity index (χ4n) is 13.6. The summed E-state index contributed by atoms with van der Waals surface area (Å²) in [6.07, 6.45) is 66.8. The number of hydrogen-bond acceptors (Lipinski definition) is 15. The molecular formula is C88H172O17P2. The van der Waals surface area contributed by atoms with Gasteiger partial charge in [-0.2, -0.15) is 0 Å². The van der Waals surface area contributed by atoms with E-state index >= 15 is 0 Å². The Labute approximate surface area is 658 Å². The van der Waals surface area contributed by atoms with Crippen LogP contribution >= 0.6 is 15.6 Å². The van der Waals surface area contributed by atoms with Gasteiger partial charge in [0, 0.05) is 25.7 Å². The van der Waals surface area contributed by atoms with E-state index in [4.69, 9.17) is 37.0 Å². The Bertz CT molecular complexity index is 2080. The van der Waals surface area contributed by atoms with Crippen molar-refractivity contribution < 1.29 is 80.2 Å². The molecule has 0 spiro atoms. The van der Waals surface area contributed by atoms with Crippen LogP contribution in [0.3, 0.4) is 0 Å². The number of carbonyl (C=O) groups excluding carboxylic acids is 4. The number of esters is 4. The minimum absolute atomic E-state index is 0.107. The van der Waals surface area contributed by atoms with Gasteiger partial charge in [0.1, 0.15) is 19.3 Å². The second kappa shape index (κ2) is 76.7. The largest absolute Gasteiger partial charge is 0.472 e. The zero-order valence-corrected chi connectivity index (χ0v) is 72.6. The highest BCUT2D eigenvalue weighted by Crippen LogP contribution is 2.45. The lowest BCUT2D eigenvalue weighted by atomic mass is 9.99. The summed E-state index contributed by atoms with van der Waals surface area (Å²) in [5.74, 6) is 1.08. The van der Waals surface area contributed by atoms with Crippen molar-refractivity contribution in [3.8, 4) is 0 Å². The number of hydrogen-bond donors (Lipinski definition) is 3. The highest BCUT2D eigenvalue weighted by atomic mass is 31.2. The van der Waals surface area contributed by atoms with E-state index in [-0.39, 0.29) is 25.7 Å². The molecule has 0 fully saturated rings. The molecule has 0 aliphatic rings. The van der Waals surface area contributed by atoms with Crippen molar-refractivity contribution in [2.75, 3.05) is 39.6 Å². The van der Waals surface area contributed by atoms with Crippen LogP contribution in [0.15, 0.2) is 0 Å². The quantitative estimate of drug-likeness (QED) is 0.0222. The summed E-state index contributed by atoms with van der Waals surface area (Å²) in [7, 11) is -9.93. The Morgan fingerprint density at radius 1 is 0.262 bits per heavy atom. The number of phosphoric acid groups is 2. The lowest BCUT2D eigenvalue weighted by Crippen LogP contribution is -2.30. The predicted molar refractivity (Wildman–Crippen MR) is 441 cm³/mol. The first-order chi connectivity index (χ1) is 51.7. The number of rotatable bonds is 85. The van der Waals surface area contributed by atoms with Crippen molar-refractivity contribution in [1.29, 1.82) is 0 Å². The van der Waals surface area contributed by atoms with E-state index in [0.717, 1.165) is 120 Å². The molecule has 4 unspecified atom stereocenters. The maximum absolute atomic E-state index is 13.1. The Hall–Kier alpha value is -1.94. The Kier molecular flexibility index (Phi) is 75.3. The molecule has 0 aromatic heterocycles. The highest BCUT2D eigenvalue weighted by molar-refractivity contribution is 7.47. The summed E-state index contributed by atoms with van der Waals surface area (Å²) in [6.45, 7) is 14.4. The molecule has 636 valence electrons. The van der Waals surface area contributed by atoms with Crippen LogP contribution in [0.25, 0.3) is 0 Å². The minimum atomic E-state index is -4.97. The summed E-state index contributed by atoms with van der Waals surface area (Å²) in [6, 6.07) is 0. The second-order valence-electron chi connectivity index (χ2n) is 33.1. The molecule has 0 radical (unpaired) electrons. The summed E-state index contributed by atoms with van der Waals surface area (Å²) >= 11 is 0. The Morgan fingerprint density at radius 2 is 0.449 bits per heavy atom. The van der Waals surface area contributed by atoms with Crippen LogP contribution in [-0.2, 0) is 65.4 Å². The van der Waals surface area contributed by atoms with E-state index in [2.05, 4.69) is 55.4 Å². The summed E-state index contributed by atoms with van der Waals surface area (Å²) in [4.78, 5) is 73.2. The standard InChI is InChI=1S/C88H172O17P2/c1-9-80(7)66-58-50-42-36-30-24-20-16-12-14-17-21-25-31-37-43-52-60-68-85(90)98-74-83(104-88(93)71-63-55-45-39-33-27-29-35-41-49-57-65-79(5)6)76-102-106(94,95)100-72-82(89)73-101-107(96,97)103-77-84(75-99-86(91)69-61-53-47-46-51-59-67-81(8)10-2)105-87(92)70-62-54-44-38-32-26-22-18-13-11-15-19-23-28-34-40-48-56-64-78(3)4/h78-84,89H,9-77H2,1-8H3,(H,94,95)(H,96,97)/t80?,81?,82-,83-,84-/m1/s1. The third-order valence-electron chi connectivity index (χ3n) is 21.3. The number of aliphatic hydroxyl groups excluding tert-OH is 1. The third-order valence-corrected chi connectivity index (χ3v) is 23.2. The first-order valence-corrected chi connectivity index (χ1v) is 48.3. The monoisotopic (exact) mass is 1560 g/mol. The lowest BCUT2D eigenvalue weighted by Gasteiger charge is -2.21. The van der Waals surface area contributed by atoms with Gasteiger partial charge in [-0.3, -0.25) is 37.3 Å². The molecule has 17 nitrogen and oxygen atoms in total. The molecule has 0 aromatic rings. The molecular weight excluding hydrogens is 1390 g/mol. The van der Waals surface area contributed by atoms with Crippen molar-refractivity contribution in [1.82, 2.24) is 0 Å². The van der Waals surface area contributed by atoms with E-state index in [9.17, 15) is 43.2 Å². The molecule has 0 saturated heterocycles. The molecule has 0 aliphatic heterocycles. The number of unbranched alkanes of at least 4 members (excludes halogenated alkanes) is 49. The van der Waals surface area contributed by atoms with E-state index in [1.165, 1.54) is 257 Å². The van der Waals surface area contributed by atoms with Gasteiger partial charge in [-0.05, 0) is 49.4 Å². The van der Waals surface area contributed by atoms with Crippen LogP contribution < -0.4 is 0 Å². The van der Waals surface area contributed by atoms with Crippen molar-refractivity contribution in [2.24, 2.45) is 23.7 Å². The molecule has 0 aromatic carbocycles. The SMILES string of the molecule is CCC(C)CCCCCCCCCCCCCCCCCCCCC(=O)OC[C@H](COP(=O)(O)OC[C@@H](O)COP(=O)(O)OC[C@@H](COC(=O)CCCCCCCCC(C)CC)OC(=O)CCCCCCCCCCCCCCCCCCCCC(C)C)OC(=O)CCCCCCCCCCCCCC(C)C. The number of phosphoric ester groups is 2. The zero-order chi connectivity index (χ0) is 78.8. The summed E-state index contributed by atoms with van der Waals surface area (Å²) in [5, 5.41) is 10.7. The fraction of sp³-hybridized carbons (Fsp3) is 0.955. The smallest absolute Gasteiger partial charge is 0.462 e. The number of ether oxygens (including phenoxy) is 4. The van der Waals surface area contributed by atoms with Crippen molar-refractivity contribution >= 4 is 39.5 Å². The van der Waals surface area contributed by atoms with Gasteiger partial charge < -0.3 is 33.8 Å². The van der Waals surface area contributed by atoms with E-state index in [1.807, 2.05) is 0 Å². The summed E-state index contributed by atoms with van der Waals surface area (Å²) < 4.78 is 68.9. The third kappa shape index (κ3) is 79.1. The number of aliphatic hydroxyl groups is 1. The highest BCUT2D eigenvalue weighted by Gasteiger charge is 2.31.